The van der Waals surface area contributed by atoms with Crippen LogP contribution in [0.2, 0.25) is 0 Å². The molecule has 10 heterocycles. The van der Waals surface area contributed by atoms with Crippen molar-refractivity contribution in [3.05, 3.63) is 252 Å². The van der Waals surface area contributed by atoms with Crippen molar-refractivity contribution >= 4 is 206 Å². The van der Waals surface area contributed by atoms with Gasteiger partial charge in [0.15, 0.2) is 0 Å². The average Bonchev–Trinajstić information content (AvgIpc) is 1.67. The number of anilines is 5. The Morgan fingerprint density at radius 1 is 0.453 bits per heavy atom. The van der Waals surface area contributed by atoms with Gasteiger partial charge in [-0.15, -0.1) is 0 Å². The molecule has 606 valence electrons. The van der Waals surface area contributed by atoms with Gasteiger partial charge in [-0.3, -0.25) is 0 Å². The zero-order valence-corrected chi connectivity index (χ0v) is 72.9. The normalized spacial score (nSPS) is 14.9. The number of nitrogens with one attached hydrogen (secondary N) is 8. The summed E-state index contributed by atoms with van der Waals surface area (Å²) in [5.41, 5.74) is 10.8. The van der Waals surface area contributed by atoms with E-state index in [0.29, 0.717) is 122 Å². The second-order valence-electron chi connectivity index (χ2n) is 26.8. The van der Waals surface area contributed by atoms with Crippen LogP contribution in [0.5, 0.6) is 0 Å². The van der Waals surface area contributed by atoms with Crippen molar-refractivity contribution in [1.29, 1.82) is 0 Å². The molecule has 0 radical (unpaired) electrons. The number of amides is 8. The number of carbonyl (C=O) groups is 8. The van der Waals surface area contributed by atoms with E-state index in [1.54, 1.807) is 55.7 Å². The van der Waals surface area contributed by atoms with E-state index >= 15 is 0 Å². The minimum absolute atomic E-state index is 0.00257. The molecule has 5 aromatic carbocycles. The number of ether oxygens (including phenoxy) is 2. The van der Waals surface area contributed by atoms with Gasteiger partial charge in [0.2, 0.25) is 0 Å². The first-order chi connectivity index (χ1) is 56.2. The third-order valence-corrected chi connectivity index (χ3v) is 28.1. The summed E-state index contributed by atoms with van der Waals surface area (Å²) in [5.74, 6) is -3.38. The molecule has 0 saturated carbocycles. The summed E-state index contributed by atoms with van der Waals surface area (Å²) in [4.78, 5) is 104. The van der Waals surface area contributed by atoms with Crippen LogP contribution in [0.3, 0.4) is 0 Å². The quantitative estimate of drug-likeness (QED) is 0.0164. The number of aliphatic hydroxyl groups is 1. The molecule has 0 atom stereocenters. The number of aliphatic hydroxyl groups excluding tert-OH is 1. The van der Waals surface area contributed by atoms with Crippen LogP contribution in [0.1, 0.15) is 103 Å². The molecule has 5 aliphatic heterocycles. The van der Waals surface area contributed by atoms with Gasteiger partial charge in [0, 0.05) is 0 Å². The van der Waals surface area contributed by atoms with E-state index in [0.717, 1.165) is 52.8 Å². The van der Waals surface area contributed by atoms with Gasteiger partial charge in [0.1, 0.15) is 0 Å². The fourth-order valence-electron chi connectivity index (χ4n) is 12.3. The van der Waals surface area contributed by atoms with Gasteiger partial charge >= 0.3 is 707 Å². The molecule has 0 fully saturated rings. The molecule has 21 nitrogen and oxygen atoms in total. The van der Waals surface area contributed by atoms with E-state index in [-0.39, 0.29) is 163 Å². The Kier molecular flexibility index (Phi) is 31.1. The van der Waals surface area contributed by atoms with Crippen molar-refractivity contribution in [3.8, 4) is 0 Å². The van der Waals surface area contributed by atoms with E-state index in [1.807, 2.05) is 65.3 Å². The van der Waals surface area contributed by atoms with Crippen molar-refractivity contribution in [1.82, 2.24) is 25.8 Å². The number of aryl methyl sites for hydroxylation is 2. The Labute approximate surface area is 701 Å². The molecular weight excluding hydrogens is 1840 g/mol. The van der Waals surface area contributed by atoms with Gasteiger partial charge in [0.25, 0.3) is 0 Å². The number of benzene rings is 5. The van der Waals surface area contributed by atoms with Crippen molar-refractivity contribution in [3.63, 3.8) is 0 Å². The van der Waals surface area contributed by atoms with Gasteiger partial charge in [-0.05, 0) is 0 Å². The first-order valence-electron chi connectivity index (χ1n) is 36.7. The maximum atomic E-state index is 13.6. The summed E-state index contributed by atoms with van der Waals surface area (Å²) in [7, 11) is 5.56. The molecule has 9 N–H and O–H groups in total. The van der Waals surface area contributed by atoms with E-state index in [4.69, 9.17) is 14.6 Å². The zero-order chi connectivity index (χ0) is 83.6. The Bertz CT molecular complexity index is 5590. The van der Waals surface area contributed by atoms with Crippen molar-refractivity contribution in [2.24, 2.45) is 0 Å². The number of methoxy groups -OCH3 is 1. The molecule has 5 aliphatic rings. The second-order valence-corrected chi connectivity index (χ2v) is 38.8. The summed E-state index contributed by atoms with van der Waals surface area (Å²) >= 11 is 0.371. The van der Waals surface area contributed by atoms with Crippen LogP contribution in [0, 0.1) is 42.9 Å². The number of hydrogen-bond donors (Lipinski definition) is 9. The number of fused-ring (bicyclic) bond motifs is 5. The molecule has 0 spiro atoms. The topological polar surface area (TPSA) is 278 Å². The number of rotatable bonds is 23. The molecule has 0 unspecified atom stereocenters. The van der Waals surface area contributed by atoms with Gasteiger partial charge in [-0.25, -0.2) is 0 Å². The van der Waals surface area contributed by atoms with Crippen molar-refractivity contribution < 1.29 is 74.9 Å². The van der Waals surface area contributed by atoms with Crippen LogP contribution in [0.25, 0.3) is 58.2 Å². The molecule has 0 saturated heterocycles. The molecule has 31 heteroatoms. The predicted octanol–water partition coefficient (Wildman–Crippen LogP) is 10.6. The van der Waals surface area contributed by atoms with Gasteiger partial charge in [-0.1, -0.05) is 0 Å². The van der Waals surface area contributed by atoms with Crippen molar-refractivity contribution in [2.45, 2.75) is 40.9 Å². The van der Waals surface area contributed by atoms with Crippen LogP contribution in [0.4, 0.5) is 50.4 Å². The summed E-state index contributed by atoms with van der Waals surface area (Å²) in [6, 6.07) is 34.9. The monoisotopic (exact) mass is 1920 g/mol. The third kappa shape index (κ3) is 23.7. The number of likely N-dealkylation sites (N-methyl/N-ethyl adjacent to an activating group) is 2. The standard InChI is InChI=1S/C22H26FN3O3Se.C18H18FN3O2Se.C16H13FN2O3Se.C16H14FNO2Se.C14H10FNOSe/c1-3-26(4-2)10-9-24-21(27)14-29-13-17-7-6-16(30-17)12-19-18-11-15(23)5-8-20(18)25-22(19)28;1-22(2)6-5-20-17(23)11-7-13(25-10-11)9-15-14-8-12(19)3-4-16(14)21-18(15)24;17-10-1-2-14-12(6-10)13(16(22)19-14)7-11-5-9(8-23-11)15(21)18-3-4-20;1-9-10(8-20-2)5-12(21-9)7-14-13-6-11(17)3-4-15(13)18-16(14)19;1-8-2-4-10(18-8)7-12-11-6-9(15)3-5-13(11)16-14(12)17/h5-8,11-12H,3-4,9-10,13-14H2,1-2H3,(H,24,27)(H,25,28);3-4,7-10H,5-6H2,1-2H3,(H,20,23)(H,21,24);1-2,5-8,20H,3-4H2,(H,18,21)(H,19,22);3-7H,8H2,1-2H3,(H,18,19);2-7H,1H3,(H,16,17)/b19-12-;15-9-;13-7-;14-7-;12-7-. The van der Waals surface area contributed by atoms with E-state index in [2.05, 4.69) is 87.3 Å². The van der Waals surface area contributed by atoms with Gasteiger partial charge in [0.05, 0.1) is 0 Å². The fourth-order valence-corrected chi connectivity index (χ4v) is 21.4. The molecule has 10 aromatic rings. The predicted molar refractivity (Wildman–Crippen MR) is 452 cm³/mol. The van der Waals surface area contributed by atoms with Crippen LogP contribution in [-0.4, -0.2) is 215 Å². The van der Waals surface area contributed by atoms with E-state index in [9.17, 15) is 60.3 Å². The Morgan fingerprint density at radius 2 is 0.838 bits per heavy atom. The molecule has 8 amide bonds. The summed E-state index contributed by atoms with van der Waals surface area (Å²) in [6.45, 7) is 14.1. The van der Waals surface area contributed by atoms with Crippen molar-refractivity contribution in [2.75, 3.05) is 107 Å². The van der Waals surface area contributed by atoms with Crippen LogP contribution < -0.4 is 42.5 Å². The molecule has 0 aliphatic carbocycles. The second kappa shape index (κ2) is 41.4. The van der Waals surface area contributed by atoms with E-state index < -0.39 is 5.82 Å². The summed E-state index contributed by atoms with van der Waals surface area (Å²) < 4.78 is 86.5. The minimum atomic E-state index is -0.403. The van der Waals surface area contributed by atoms with Crippen LogP contribution in [-0.2, 0) is 51.5 Å². The number of halogens is 5. The maximum absolute atomic E-state index is 13.6. The van der Waals surface area contributed by atoms with Gasteiger partial charge in [-0.2, -0.15) is 0 Å². The van der Waals surface area contributed by atoms with Gasteiger partial charge < -0.3 is 0 Å². The average molecular weight is 1920 g/mol. The summed E-state index contributed by atoms with van der Waals surface area (Å²) in [6.07, 6.45) is 8.99. The molecule has 0 bridgehead atoms. The Hall–Kier alpha value is -9.99. The number of nitrogens with zero attached hydrogens (tertiary/aromatic N) is 2. The number of carbonyl (C=O) groups excluding carboxylic acids is 8. The molecule has 15 rings (SSSR count). The van der Waals surface area contributed by atoms with Crippen LogP contribution >= 0.6 is 0 Å². The molecule has 5 aromatic heterocycles. The summed E-state index contributed by atoms with van der Waals surface area (Å²) in [5, 5.41) is 30.7. The van der Waals surface area contributed by atoms with E-state index in [1.165, 1.54) is 81.2 Å². The number of hydrogen-bond acceptors (Lipinski definition) is 13. The Balaban J connectivity index is 0.000000145. The first kappa shape index (κ1) is 87.8. The molecule has 117 heavy (non-hydrogen) atoms. The molecular formula is C86H81F5N10O11Se5. The SMILES string of the molecule is CCN(CC)CCNC(=O)COCc1ccc(/C=C2\C(=O)Nc3ccc(F)cc32)[se]1.CN(C)CCNC(=O)c1c[se]c(/C=C2\C(=O)Nc3ccc(F)cc32)c1.COCc1cc(/C=C2\C(=O)Nc3ccc(F)cc32)[se]c1C.Cc1ccc(/C=C2\C(=O)Nc3ccc(F)cc32)[se]1.O=C1Nc2ccc(F)cc2/C1=C/c1cc(C(=O)NCCO)c[se]1. The fraction of sp³-hybridized carbons (Fsp3) is 0.209. The first-order valence-corrected chi connectivity index (χ1v) is 45.5. The Morgan fingerprint density at radius 3 is 1.22 bits per heavy atom. The third-order valence-electron chi connectivity index (χ3n) is 18.2. The van der Waals surface area contributed by atoms with Crippen LogP contribution in [0.15, 0.2) is 143 Å². The zero-order valence-electron chi connectivity index (χ0n) is 64.4.